The maximum atomic E-state index is 14.0. The summed E-state index contributed by atoms with van der Waals surface area (Å²) in [5.74, 6) is -0.564. The van der Waals surface area contributed by atoms with Crippen molar-refractivity contribution in [2.75, 3.05) is 29.0 Å². The van der Waals surface area contributed by atoms with Gasteiger partial charge in [0, 0.05) is 44.4 Å². The quantitative estimate of drug-likeness (QED) is 0.418. The van der Waals surface area contributed by atoms with Gasteiger partial charge in [0.15, 0.2) is 17.2 Å². The molecule has 11 nitrogen and oxygen atoms in total. The van der Waals surface area contributed by atoms with Gasteiger partial charge in [-0.05, 0) is 31.7 Å². The van der Waals surface area contributed by atoms with E-state index >= 15 is 0 Å². The maximum absolute atomic E-state index is 14.0. The van der Waals surface area contributed by atoms with E-state index in [4.69, 9.17) is 5.73 Å². The van der Waals surface area contributed by atoms with Crippen molar-refractivity contribution in [3.63, 3.8) is 0 Å². The number of carbonyl (C=O) groups is 2. The van der Waals surface area contributed by atoms with Crippen LogP contribution in [0.3, 0.4) is 0 Å². The fourth-order valence-electron chi connectivity index (χ4n) is 4.48. The zero-order chi connectivity index (χ0) is 24.5. The van der Waals surface area contributed by atoms with Gasteiger partial charge in [-0.25, -0.2) is 13.9 Å². The van der Waals surface area contributed by atoms with Crippen molar-refractivity contribution >= 4 is 34.7 Å². The van der Waals surface area contributed by atoms with E-state index in [0.717, 1.165) is 31.9 Å². The van der Waals surface area contributed by atoms with Crippen LogP contribution in [0.15, 0.2) is 30.7 Å². The molecule has 12 heteroatoms. The van der Waals surface area contributed by atoms with Crippen LogP contribution in [-0.4, -0.2) is 67.5 Å². The minimum absolute atomic E-state index is 0.0184. The average molecular weight is 482 g/mol. The van der Waals surface area contributed by atoms with Gasteiger partial charge in [0.25, 0.3) is 5.91 Å². The SMILES string of the molecule is CC(=O)N1CC(Nc2cc(N[C@H]3CC[C@H](N)CC3)nn3c(C(=O)Nc4ccncc4F)cnc23)C1. The first kappa shape index (κ1) is 23.0. The van der Waals surface area contributed by atoms with E-state index in [1.54, 1.807) is 11.8 Å². The first-order chi connectivity index (χ1) is 16.9. The molecule has 2 aliphatic rings. The van der Waals surface area contributed by atoms with Crippen molar-refractivity contribution in [1.82, 2.24) is 24.5 Å². The zero-order valence-corrected chi connectivity index (χ0v) is 19.4. The molecule has 3 aromatic rings. The Balaban J connectivity index is 1.44. The number of nitrogens with two attached hydrogens (primary N) is 1. The van der Waals surface area contributed by atoms with Gasteiger partial charge in [-0.2, -0.15) is 0 Å². The number of likely N-dealkylation sites (tertiary alicyclic amines) is 1. The summed E-state index contributed by atoms with van der Waals surface area (Å²) < 4.78 is 15.5. The van der Waals surface area contributed by atoms with Crippen molar-refractivity contribution in [1.29, 1.82) is 0 Å². The molecule has 0 bridgehead atoms. The maximum Gasteiger partial charge on any atom is 0.276 e. The number of hydrogen-bond donors (Lipinski definition) is 4. The fourth-order valence-corrected chi connectivity index (χ4v) is 4.48. The van der Waals surface area contributed by atoms with Gasteiger partial charge in [-0.1, -0.05) is 0 Å². The lowest BCUT2D eigenvalue weighted by Gasteiger charge is -2.39. The average Bonchev–Trinajstić information content (AvgIpc) is 3.23. The van der Waals surface area contributed by atoms with Gasteiger partial charge in [-0.3, -0.25) is 14.6 Å². The van der Waals surface area contributed by atoms with Crippen molar-refractivity contribution < 1.29 is 14.0 Å². The molecule has 1 aliphatic carbocycles. The first-order valence-corrected chi connectivity index (χ1v) is 11.7. The lowest BCUT2D eigenvalue weighted by atomic mass is 9.92. The standard InChI is InChI=1S/C23H28FN9O2/c1-13(34)32-11-16(12-32)28-19-8-21(29-15-4-2-14(25)3-5-15)31-33-20(10-27-22(19)33)23(35)30-18-6-7-26-9-17(18)24/h6-10,14-16,28H,2-5,11-12,25H2,1H3,(H,29,31)(H,26,30,35)/t14-,15-. The van der Waals surface area contributed by atoms with Crippen LogP contribution >= 0.6 is 0 Å². The lowest BCUT2D eigenvalue weighted by Crippen LogP contribution is -2.56. The molecule has 3 aromatic heterocycles. The van der Waals surface area contributed by atoms with E-state index in [-0.39, 0.29) is 35.4 Å². The third kappa shape index (κ3) is 4.87. The predicted octanol–water partition coefficient (Wildman–Crippen LogP) is 1.84. The van der Waals surface area contributed by atoms with Gasteiger partial charge < -0.3 is 26.6 Å². The molecule has 0 unspecified atom stereocenters. The Labute approximate surface area is 201 Å². The number of carbonyl (C=O) groups excluding carboxylic acids is 2. The third-order valence-corrected chi connectivity index (χ3v) is 6.53. The van der Waals surface area contributed by atoms with Crippen LogP contribution in [0.5, 0.6) is 0 Å². The predicted molar refractivity (Wildman–Crippen MR) is 129 cm³/mol. The molecule has 1 saturated heterocycles. The highest BCUT2D eigenvalue weighted by Gasteiger charge is 2.30. The number of pyridine rings is 1. The number of fused-ring (bicyclic) bond motifs is 1. The molecule has 0 aromatic carbocycles. The summed E-state index contributed by atoms with van der Waals surface area (Å²) in [4.78, 5) is 34.4. The van der Waals surface area contributed by atoms with Gasteiger partial charge in [0.2, 0.25) is 5.91 Å². The van der Waals surface area contributed by atoms with Crippen LogP contribution < -0.4 is 21.7 Å². The molecule has 0 radical (unpaired) electrons. The Bertz CT molecular complexity index is 1250. The number of nitrogens with one attached hydrogen (secondary N) is 3. The van der Waals surface area contributed by atoms with E-state index in [9.17, 15) is 14.0 Å². The summed E-state index contributed by atoms with van der Waals surface area (Å²) in [6, 6.07) is 3.76. The minimum Gasteiger partial charge on any atom is -0.376 e. The number of anilines is 3. The van der Waals surface area contributed by atoms with Crippen LogP contribution in [0.4, 0.5) is 21.6 Å². The van der Waals surface area contributed by atoms with Gasteiger partial charge in [-0.15, -0.1) is 5.10 Å². The highest BCUT2D eigenvalue weighted by atomic mass is 19.1. The van der Waals surface area contributed by atoms with E-state index in [1.807, 2.05) is 6.07 Å². The number of hydrogen-bond acceptors (Lipinski definition) is 8. The lowest BCUT2D eigenvalue weighted by molar-refractivity contribution is -0.132. The molecule has 2 fully saturated rings. The minimum atomic E-state index is -0.636. The van der Waals surface area contributed by atoms with Crippen LogP contribution in [-0.2, 0) is 4.79 Å². The summed E-state index contributed by atoms with van der Waals surface area (Å²) in [7, 11) is 0. The molecule has 2 amide bonds. The normalized spacial score (nSPS) is 20.4. The second kappa shape index (κ2) is 9.45. The second-order valence-corrected chi connectivity index (χ2v) is 9.15. The van der Waals surface area contributed by atoms with Crippen LogP contribution in [0.25, 0.3) is 5.65 Å². The molecule has 0 atom stereocenters. The number of rotatable bonds is 6. The fraction of sp³-hybridized carbons (Fsp3) is 0.435. The Kier molecular flexibility index (Phi) is 6.20. The molecule has 35 heavy (non-hydrogen) atoms. The third-order valence-electron chi connectivity index (χ3n) is 6.53. The molecule has 5 N–H and O–H groups in total. The zero-order valence-electron chi connectivity index (χ0n) is 19.4. The number of halogens is 1. The molecule has 5 rings (SSSR count). The molecule has 184 valence electrons. The largest absolute Gasteiger partial charge is 0.376 e. The monoisotopic (exact) mass is 481 g/mol. The molecule has 1 aliphatic heterocycles. The Morgan fingerprint density at radius 2 is 1.86 bits per heavy atom. The van der Waals surface area contributed by atoms with E-state index in [0.29, 0.717) is 30.2 Å². The molecule has 1 saturated carbocycles. The number of imidazole rings is 1. The molecule has 0 spiro atoms. The van der Waals surface area contributed by atoms with E-state index in [1.165, 1.54) is 23.0 Å². The highest BCUT2D eigenvalue weighted by Crippen LogP contribution is 2.26. The van der Waals surface area contributed by atoms with E-state index in [2.05, 4.69) is 31.0 Å². The second-order valence-electron chi connectivity index (χ2n) is 9.15. The van der Waals surface area contributed by atoms with Crippen LogP contribution in [0.2, 0.25) is 0 Å². The summed E-state index contributed by atoms with van der Waals surface area (Å²) in [5.41, 5.74) is 7.37. The summed E-state index contributed by atoms with van der Waals surface area (Å²) in [6.45, 7) is 2.72. The van der Waals surface area contributed by atoms with Crippen molar-refractivity contribution in [3.8, 4) is 0 Å². The summed E-state index contributed by atoms with van der Waals surface area (Å²) in [5, 5.41) is 14.1. The smallest absolute Gasteiger partial charge is 0.276 e. The highest BCUT2D eigenvalue weighted by molar-refractivity contribution is 6.03. The Morgan fingerprint density at radius 1 is 1.09 bits per heavy atom. The Hall–Kier alpha value is -3.80. The van der Waals surface area contributed by atoms with Gasteiger partial charge >= 0.3 is 0 Å². The molecular weight excluding hydrogens is 453 g/mol. The van der Waals surface area contributed by atoms with Crippen molar-refractivity contribution in [3.05, 3.63) is 42.2 Å². The van der Waals surface area contributed by atoms with E-state index < -0.39 is 11.7 Å². The van der Waals surface area contributed by atoms with Crippen molar-refractivity contribution in [2.45, 2.75) is 50.7 Å². The Morgan fingerprint density at radius 3 is 2.57 bits per heavy atom. The van der Waals surface area contributed by atoms with Gasteiger partial charge in [0.05, 0.1) is 29.8 Å². The number of aromatic nitrogens is 4. The molecular formula is C23H28FN9O2. The molecule has 4 heterocycles. The topological polar surface area (TPSA) is 143 Å². The first-order valence-electron chi connectivity index (χ1n) is 11.7. The number of amides is 2. The van der Waals surface area contributed by atoms with Crippen LogP contribution in [0, 0.1) is 5.82 Å². The number of nitrogens with zero attached hydrogens (tertiary/aromatic N) is 5. The van der Waals surface area contributed by atoms with Crippen LogP contribution in [0.1, 0.15) is 43.1 Å². The van der Waals surface area contributed by atoms with Crippen molar-refractivity contribution in [2.24, 2.45) is 5.73 Å². The summed E-state index contributed by atoms with van der Waals surface area (Å²) in [6.07, 6.45) is 7.57. The summed E-state index contributed by atoms with van der Waals surface area (Å²) >= 11 is 0. The van der Waals surface area contributed by atoms with Gasteiger partial charge in [0.1, 0.15) is 5.82 Å².